The van der Waals surface area contributed by atoms with Gasteiger partial charge < -0.3 is 5.32 Å². The summed E-state index contributed by atoms with van der Waals surface area (Å²) in [5.41, 5.74) is 2.62. The molecule has 0 amide bonds. The van der Waals surface area contributed by atoms with Crippen LogP contribution in [0.4, 0.5) is 0 Å². The number of hydrogen-bond acceptors (Lipinski definition) is 2. The first-order chi connectivity index (χ1) is 9.30. The first-order valence-electron chi connectivity index (χ1n) is 8.04. The van der Waals surface area contributed by atoms with Gasteiger partial charge in [0.2, 0.25) is 0 Å². The van der Waals surface area contributed by atoms with E-state index in [0.717, 1.165) is 18.9 Å². The highest BCUT2D eigenvalue weighted by molar-refractivity contribution is 5.15. The highest BCUT2D eigenvalue weighted by Crippen LogP contribution is 2.33. The molecule has 19 heavy (non-hydrogen) atoms. The third-order valence-electron chi connectivity index (χ3n) is 4.52. The molecule has 1 atom stereocenters. The Labute approximate surface area is 117 Å². The van der Waals surface area contributed by atoms with Gasteiger partial charge in [-0.1, -0.05) is 32.6 Å². The molecule has 1 fully saturated rings. The van der Waals surface area contributed by atoms with Gasteiger partial charge in [0.15, 0.2) is 0 Å². The summed E-state index contributed by atoms with van der Waals surface area (Å²) in [7, 11) is 2.11. The molecular weight excluding hydrogens is 234 g/mol. The molecule has 3 heteroatoms. The lowest BCUT2D eigenvalue weighted by molar-refractivity contribution is 0.324. The van der Waals surface area contributed by atoms with E-state index in [0.29, 0.717) is 6.04 Å². The van der Waals surface area contributed by atoms with Gasteiger partial charge >= 0.3 is 0 Å². The summed E-state index contributed by atoms with van der Waals surface area (Å²) in [6.07, 6.45) is 9.37. The fourth-order valence-electron chi connectivity index (χ4n) is 3.43. The zero-order valence-electron chi connectivity index (χ0n) is 12.8. The summed E-state index contributed by atoms with van der Waals surface area (Å²) in [5.74, 6) is 0.777. The molecule has 0 aromatic carbocycles. The maximum absolute atomic E-state index is 4.71. The predicted octanol–water partition coefficient (Wildman–Crippen LogP) is 3.70. The lowest BCUT2D eigenvalue weighted by Gasteiger charge is -2.26. The molecule has 0 radical (unpaired) electrons. The van der Waals surface area contributed by atoms with E-state index in [1.54, 1.807) is 0 Å². The minimum atomic E-state index is 0.478. The van der Waals surface area contributed by atoms with E-state index < -0.39 is 0 Å². The van der Waals surface area contributed by atoms with Crippen LogP contribution in [0.1, 0.15) is 69.8 Å². The molecule has 0 aliphatic heterocycles. The second-order valence-corrected chi connectivity index (χ2v) is 5.75. The van der Waals surface area contributed by atoms with Gasteiger partial charge in [-0.05, 0) is 45.2 Å². The average molecular weight is 263 g/mol. The topological polar surface area (TPSA) is 29.9 Å². The van der Waals surface area contributed by atoms with Crippen LogP contribution >= 0.6 is 0 Å². The molecule has 1 unspecified atom stereocenters. The van der Waals surface area contributed by atoms with Gasteiger partial charge in [0, 0.05) is 6.54 Å². The number of rotatable bonds is 5. The second-order valence-electron chi connectivity index (χ2n) is 5.75. The summed E-state index contributed by atoms with van der Waals surface area (Å²) < 4.78 is 2.20. The van der Waals surface area contributed by atoms with Crippen molar-refractivity contribution in [3.8, 4) is 0 Å². The summed E-state index contributed by atoms with van der Waals surface area (Å²) in [5, 5.41) is 8.28. The second kappa shape index (κ2) is 7.09. The first kappa shape index (κ1) is 14.6. The van der Waals surface area contributed by atoms with Gasteiger partial charge in [-0.2, -0.15) is 5.10 Å². The van der Waals surface area contributed by atoms with Crippen molar-refractivity contribution in [3.63, 3.8) is 0 Å². The lowest BCUT2D eigenvalue weighted by atomic mass is 9.89. The monoisotopic (exact) mass is 263 g/mol. The number of nitrogens with zero attached hydrogens (tertiary/aromatic N) is 2. The third kappa shape index (κ3) is 3.38. The largest absolute Gasteiger partial charge is 0.311 e. The van der Waals surface area contributed by atoms with Crippen LogP contribution in [0.3, 0.4) is 0 Å². The molecule has 3 nitrogen and oxygen atoms in total. The molecule has 2 rings (SSSR count). The predicted molar refractivity (Wildman–Crippen MR) is 80.3 cm³/mol. The Morgan fingerprint density at radius 2 is 1.95 bits per heavy atom. The van der Waals surface area contributed by atoms with Gasteiger partial charge in [0.25, 0.3) is 0 Å². The minimum Gasteiger partial charge on any atom is -0.311 e. The van der Waals surface area contributed by atoms with Gasteiger partial charge in [0.1, 0.15) is 0 Å². The molecule has 1 aromatic rings. The van der Waals surface area contributed by atoms with Crippen LogP contribution in [0.5, 0.6) is 0 Å². The Balaban J connectivity index is 2.21. The zero-order chi connectivity index (χ0) is 13.7. The van der Waals surface area contributed by atoms with E-state index in [-0.39, 0.29) is 0 Å². The standard InChI is InChI=1S/C16H29N3/c1-4-14-12-15(19(5-2)18-14)16(17-3)13-10-8-6-7-9-11-13/h12-13,16-17H,4-11H2,1-3H3. The zero-order valence-corrected chi connectivity index (χ0v) is 12.8. The van der Waals surface area contributed by atoms with Crippen molar-refractivity contribution in [3.05, 3.63) is 17.5 Å². The Morgan fingerprint density at radius 3 is 2.47 bits per heavy atom. The van der Waals surface area contributed by atoms with Gasteiger partial charge in [-0.3, -0.25) is 4.68 Å². The quantitative estimate of drug-likeness (QED) is 0.821. The van der Waals surface area contributed by atoms with Crippen molar-refractivity contribution >= 4 is 0 Å². The van der Waals surface area contributed by atoms with Crippen molar-refractivity contribution in [2.75, 3.05) is 7.05 Å². The molecule has 0 bridgehead atoms. The number of aromatic nitrogens is 2. The maximum Gasteiger partial charge on any atom is 0.0625 e. The third-order valence-corrected chi connectivity index (χ3v) is 4.52. The van der Waals surface area contributed by atoms with Crippen molar-refractivity contribution in [1.29, 1.82) is 0 Å². The van der Waals surface area contributed by atoms with Gasteiger partial charge in [-0.15, -0.1) is 0 Å². The van der Waals surface area contributed by atoms with E-state index >= 15 is 0 Å². The fourth-order valence-corrected chi connectivity index (χ4v) is 3.43. The number of nitrogens with one attached hydrogen (secondary N) is 1. The smallest absolute Gasteiger partial charge is 0.0625 e. The summed E-state index contributed by atoms with van der Waals surface area (Å²) >= 11 is 0. The van der Waals surface area contributed by atoms with Crippen LogP contribution < -0.4 is 5.32 Å². The fraction of sp³-hybridized carbons (Fsp3) is 0.812. The molecular formula is C16H29N3. The van der Waals surface area contributed by atoms with Crippen LogP contribution in [0.2, 0.25) is 0 Å². The van der Waals surface area contributed by atoms with Crippen LogP contribution in [-0.2, 0) is 13.0 Å². The Morgan fingerprint density at radius 1 is 1.26 bits per heavy atom. The molecule has 0 saturated heterocycles. The van der Waals surface area contributed by atoms with E-state index in [1.165, 1.54) is 49.9 Å². The SMILES string of the molecule is CCc1cc(C(NC)C2CCCCCC2)n(CC)n1. The highest BCUT2D eigenvalue weighted by atomic mass is 15.3. The first-order valence-corrected chi connectivity index (χ1v) is 8.04. The molecule has 1 aliphatic carbocycles. The Kier molecular flexibility index (Phi) is 5.44. The highest BCUT2D eigenvalue weighted by Gasteiger charge is 2.25. The van der Waals surface area contributed by atoms with Crippen molar-refractivity contribution in [2.45, 2.75) is 71.4 Å². The number of aryl methyl sites for hydroxylation is 2. The molecule has 1 heterocycles. The van der Waals surface area contributed by atoms with Crippen molar-refractivity contribution in [2.24, 2.45) is 5.92 Å². The molecule has 1 N–H and O–H groups in total. The van der Waals surface area contributed by atoms with E-state index in [9.17, 15) is 0 Å². The Bertz CT molecular complexity index is 375. The van der Waals surface area contributed by atoms with Gasteiger partial charge in [0.05, 0.1) is 17.4 Å². The lowest BCUT2D eigenvalue weighted by Crippen LogP contribution is -2.27. The molecule has 1 aliphatic rings. The van der Waals surface area contributed by atoms with E-state index in [4.69, 9.17) is 5.10 Å². The molecule has 1 saturated carbocycles. The molecule has 108 valence electrons. The molecule has 1 aromatic heterocycles. The van der Waals surface area contributed by atoms with E-state index in [1.807, 2.05) is 0 Å². The van der Waals surface area contributed by atoms with Crippen LogP contribution in [0, 0.1) is 5.92 Å². The Hall–Kier alpha value is -0.830. The molecule has 0 spiro atoms. The van der Waals surface area contributed by atoms with Crippen LogP contribution in [0.15, 0.2) is 6.07 Å². The average Bonchev–Trinajstić information content (AvgIpc) is 2.66. The van der Waals surface area contributed by atoms with Crippen LogP contribution in [0.25, 0.3) is 0 Å². The summed E-state index contributed by atoms with van der Waals surface area (Å²) in [6.45, 7) is 5.35. The maximum atomic E-state index is 4.71. The van der Waals surface area contributed by atoms with Crippen molar-refractivity contribution < 1.29 is 0 Å². The minimum absolute atomic E-state index is 0.478. The summed E-state index contributed by atoms with van der Waals surface area (Å²) in [6, 6.07) is 2.79. The van der Waals surface area contributed by atoms with Gasteiger partial charge in [-0.25, -0.2) is 0 Å². The number of hydrogen-bond donors (Lipinski definition) is 1. The normalized spacial score (nSPS) is 19.3. The van der Waals surface area contributed by atoms with Crippen molar-refractivity contribution in [1.82, 2.24) is 15.1 Å². The van der Waals surface area contributed by atoms with E-state index in [2.05, 4.69) is 37.0 Å². The van der Waals surface area contributed by atoms with Crippen LogP contribution in [-0.4, -0.2) is 16.8 Å². The summed E-state index contributed by atoms with van der Waals surface area (Å²) in [4.78, 5) is 0.